The van der Waals surface area contributed by atoms with Crippen molar-refractivity contribution < 1.29 is 9.18 Å². The zero-order valence-corrected chi connectivity index (χ0v) is 8.77. The van der Waals surface area contributed by atoms with Crippen molar-refractivity contribution in [3.63, 3.8) is 0 Å². The minimum atomic E-state index is -0.802. The van der Waals surface area contributed by atoms with Crippen LogP contribution in [0, 0.1) is 12.7 Å². The summed E-state index contributed by atoms with van der Waals surface area (Å²) >= 11 is 16.4. The number of hydrogen-bond donors (Lipinski definition) is 0. The molecular formula is C8H4Cl3FO. The molecule has 1 aromatic rings. The fourth-order valence-electron chi connectivity index (χ4n) is 0.874. The Bertz CT molecular complexity index is 376. The molecule has 1 aromatic carbocycles. The van der Waals surface area contributed by atoms with Gasteiger partial charge in [0.2, 0.25) is 0 Å². The maximum atomic E-state index is 13.0. The number of hydrogen-bond acceptors (Lipinski definition) is 1. The molecule has 0 aromatic heterocycles. The normalized spacial score (nSPS) is 10.2. The van der Waals surface area contributed by atoms with Crippen LogP contribution in [0.3, 0.4) is 0 Å². The Morgan fingerprint density at radius 3 is 2.38 bits per heavy atom. The highest BCUT2D eigenvalue weighted by Gasteiger charge is 2.15. The summed E-state index contributed by atoms with van der Waals surface area (Å²) < 4.78 is 13.0. The lowest BCUT2D eigenvalue weighted by molar-refractivity contribution is 0.108. The van der Waals surface area contributed by atoms with Crippen molar-refractivity contribution in [1.29, 1.82) is 0 Å². The third-order valence-corrected chi connectivity index (χ3v) is 2.74. The highest BCUT2D eigenvalue weighted by atomic mass is 35.5. The summed E-state index contributed by atoms with van der Waals surface area (Å²) in [7, 11) is 0. The van der Waals surface area contributed by atoms with E-state index >= 15 is 0 Å². The van der Waals surface area contributed by atoms with Crippen molar-refractivity contribution in [1.82, 2.24) is 0 Å². The molecule has 0 fully saturated rings. The van der Waals surface area contributed by atoms with Gasteiger partial charge in [0.1, 0.15) is 5.82 Å². The molecule has 0 aliphatic carbocycles. The fraction of sp³-hybridized carbons (Fsp3) is 0.125. The van der Waals surface area contributed by atoms with E-state index in [1.165, 1.54) is 6.92 Å². The Morgan fingerprint density at radius 2 is 1.92 bits per heavy atom. The second-order valence-electron chi connectivity index (χ2n) is 2.43. The van der Waals surface area contributed by atoms with Gasteiger partial charge in [0.25, 0.3) is 5.24 Å². The molecule has 0 radical (unpaired) electrons. The summed E-state index contributed by atoms with van der Waals surface area (Å²) in [5.41, 5.74) is 0.245. The van der Waals surface area contributed by atoms with E-state index in [-0.39, 0.29) is 15.6 Å². The van der Waals surface area contributed by atoms with Crippen molar-refractivity contribution in [2.45, 2.75) is 6.92 Å². The lowest BCUT2D eigenvalue weighted by atomic mass is 10.1. The van der Waals surface area contributed by atoms with Crippen LogP contribution >= 0.6 is 34.8 Å². The molecule has 1 nitrogen and oxygen atoms in total. The summed E-state index contributed by atoms with van der Waals surface area (Å²) in [6.07, 6.45) is 0. The van der Waals surface area contributed by atoms with Crippen LogP contribution < -0.4 is 0 Å². The van der Waals surface area contributed by atoms with Gasteiger partial charge in [0.05, 0.1) is 15.6 Å². The van der Waals surface area contributed by atoms with Gasteiger partial charge in [-0.2, -0.15) is 0 Å². The van der Waals surface area contributed by atoms with Crippen LogP contribution in [0.1, 0.15) is 15.9 Å². The minimum Gasteiger partial charge on any atom is -0.276 e. The van der Waals surface area contributed by atoms with E-state index in [0.717, 1.165) is 6.07 Å². The van der Waals surface area contributed by atoms with Crippen LogP contribution in [-0.4, -0.2) is 5.24 Å². The zero-order chi connectivity index (χ0) is 10.2. The van der Waals surface area contributed by atoms with E-state index in [4.69, 9.17) is 34.8 Å². The summed E-state index contributed by atoms with van der Waals surface area (Å²) in [6.45, 7) is 1.51. The van der Waals surface area contributed by atoms with Crippen LogP contribution in [0.5, 0.6) is 0 Å². The molecule has 1 rings (SSSR count). The molecule has 0 aliphatic rings. The molecule has 0 bridgehead atoms. The van der Waals surface area contributed by atoms with Gasteiger partial charge in [-0.05, 0) is 30.2 Å². The van der Waals surface area contributed by atoms with Gasteiger partial charge in [0.15, 0.2) is 0 Å². The topological polar surface area (TPSA) is 17.1 Å². The average molecular weight is 241 g/mol. The Balaban J connectivity index is 3.50. The molecule has 0 atom stereocenters. The number of halogens is 4. The maximum absolute atomic E-state index is 13.0. The molecule has 0 saturated carbocycles. The summed E-state index contributed by atoms with van der Waals surface area (Å²) in [4.78, 5) is 10.8. The van der Waals surface area contributed by atoms with Crippen molar-refractivity contribution in [3.8, 4) is 0 Å². The molecular weight excluding hydrogens is 237 g/mol. The van der Waals surface area contributed by atoms with Gasteiger partial charge in [-0.15, -0.1) is 0 Å². The lowest BCUT2D eigenvalue weighted by Crippen LogP contribution is -1.96. The fourth-order valence-corrected chi connectivity index (χ4v) is 1.50. The quantitative estimate of drug-likeness (QED) is 0.539. The van der Waals surface area contributed by atoms with Crippen molar-refractivity contribution in [2.75, 3.05) is 0 Å². The Labute approximate surface area is 89.4 Å². The van der Waals surface area contributed by atoms with Crippen molar-refractivity contribution >= 4 is 40.0 Å². The van der Waals surface area contributed by atoms with Gasteiger partial charge in [-0.1, -0.05) is 23.2 Å². The van der Waals surface area contributed by atoms with Crippen LogP contribution in [0.4, 0.5) is 4.39 Å². The first-order valence-electron chi connectivity index (χ1n) is 3.29. The molecule has 0 spiro atoms. The predicted molar refractivity (Wildman–Crippen MR) is 51.3 cm³/mol. The third-order valence-electron chi connectivity index (χ3n) is 1.59. The smallest absolute Gasteiger partial charge is 0.254 e. The molecule has 0 aliphatic heterocycles. The molecule has 0 unspecified atom stereocenters. The SMILES string of the molecule is Cc1c(Cl)c(F)cc(C(=O)Cl)c1Cl. The van der Waals surface area contributed by atoms with Gasteiger partial charge in [-0.3, -0.25) is 4.79 Å². The largest absolute Gasteiger partial charge is 0.276 e. The monoisotopic (exact) mass is 240 g/mol. The predicted octanol–water partition coefficient (Wildman–Crippen LogP) is 3.82. The van der Waals surface area contributed by atoms with Gasteiger partial charge in [0, 0.05) is 0 Å². The number of carbonyl (C=O) groups excluding carboxylic acids is 1. The lowest BCUT2D eigenvalue weighted by Gasteiger charge is -2.05. The molecule has 13 heavy (non-hydrogen) atoms. The maximum Gasteiger partial charge on any atom is 0.254 e. The Hall–Kier alpha value is -0.310. The molecule has 70 valence electrons. The van der Waals surface area contributed by atoms with Gasteiger partial charge < -0.3 is 0 Å². The summed E-state index contributed by atoms with van der Waals surface area (Å²) in [5.74, 6) is -0.701. The molecule has 0 heterocycles. The second-order valence-corrected chi connectivity index (χ2v) is 3.53. The highest BCUT2D eigenvalue weighted by Crippen LogP contribution is 2.30. The number of rotatable bonds is 1. The van der Waals surface area contributed by atoms with E-state index in [1.54, 1.807) is 0 Å². The summed E-state index contributed by atoms with van der Waals surface area (Å²) in [6, 6.07) is 0.924. The van der Waals surface area contributed by atoms with Crippen molar-refractivity contribution in [3.05, 3.63) is 33.1 Å². The number of benzene rings is 1. The first kappa shape index (κ1) is 10.8. The average Bonchev–Trinajstić information content (AvgIpc) is 2.07. The van der Waals surface area contributed by atoms with E-state index in [9.17, 15) is 9.18 Å². The highest BCUT2D eigenvalue weighted by molar-refractivity contribution is 6.68. The van der Waals surface area contributed by atoms with Gasteiger partial charge >= 0.3 is 0 Å². The zero-order valence-electron chi connectivity index (χ0n) is 6.50. The van der Waals surface area contributed by atoms with Crippen LogP contribution in [-0.2, 0) is 0 Å². The van der Waals surface area contributed by atoms with E-state index in [1.807, 2.05) is 0 Å². The van der Waals surface area contributed by atoms with Crippen molar-refractivity contribution in [2.24, 2.45) is 0 Å². The van der Waals surface area contributed by atoms with Crippen LogP contribution in [0.2, 0.25) is 10.0 Å². The van der Waals surface area contributed by atoms with Gasteiger partial charge in [-0.25, -0.2) is 4.39 Å². The molecule has 0 amide bonds. The summed E-state index contributed by atoms with van der Waals surface area (Å²) in [5, 5.41) is -0.804. The van der Waals surface area contributed by atoms with E-state index < -0.39 is 11.1 Å². The first-order valence-corrected chi connectivity index (χ1v) is 4.42. The van der Waals surface area contributed by atoms with E-state index in [0.29, 0.717) is 5.56 Å². The Morgan fingerprint density at radius 1 is 1.38 bits per heavy atom. The molecule has 0 N–H and O–H groups in total. The second kappa shape index (κ2) is 3.82. The Kier molecular flexibility index (Phi) is 3.17. The van der Waals surface area contributed by atoms with Crippen LogP contribution in [0.15, 0.2) is 6.07 Å². The van der Waals surface area contributed by atoms with Crippen LogP contribution in [0.25, 0.3) is 0 Å². The number of carbonyl (C=O) groups is 1. The third kappa shape index (κ3) is 1.96. The minimum absolute atomic E-state index is 0.0669. The molecule has 5 heteroatoms. The standard InChI is InChI=1S/C8H4Cl3FO/c1-3-6(9)4(8(11)13)2-5(12)7(3)10/h2H,1H3. The molecule has 0 saturated heterocycles. The van der Waals surface area contributed by atoms with E-state index in [2.05, 4.69) is 0 Å². The first-order chi connectivity index (χ1) is 5.95.